The molecule has 0 saturated carbocycles. The lowest BCUT2D eigenvalue weighted by molar-refractivity contribution is 0.792. The molecule has 0 saturated heterocycles. The van der Waals surface area contributed by atoms with Crippen LogP contribution in [0.4, 0.5) is 5.82 Å². The molecule has 2 aliphatic rings. The minimum absolute atomic E-state index is 0.0441. The van der Waals surface area contributed by atoms with Crippen molar-refractivity contribution < 1.29 is 0 Å². The number of fused-ring (bicyclic) bond motifs is 2. The molecule has 0 fully saturated rings. The van der Waals surface area contributed by atoms with Crippen LogP contribution in [-0.4, -0.2) is 27.1 Å². The van der Waals surface area contributed by atoms with Gasteiger partial charge in [0.2, 0.25) is 0 Å². The lowest BCUT2D eigenvalue weighted by Gasteiger charge is -2.37. The molecular weight excluding hydrogens is 379 g/mol. The van der Waals surface area contributed by atoms with Gasteiger partial charge in [-0.2, -0.15) is 0 Å². The maximum Gasteiger partial charge on any atom is 0.424 e. The maximum atomic E-state index is 4.94. The van der Waals surface area contributed by atoms with Crippen molar-refractivity contribution in [2.75, 3.05) is 0 Å². The van der Waals surface area contributed by atoms with Crippen LogP contribution in [0.3, 0.4) is 0 Å². The van der Waals surface area contributed by atoms with Crippen LogP contribution in [0.2, 0.25) is 0 Å². The highest BCUT2D eigenvalue weighted by atomic mass is 15.3. The van der Waals surface area contributed by atoms with Gasteiger partial charge in [-0.05, 0) is 46.8 Å². The fourth-order valence-corrected chi connectivity index (χ4v) is 4.64. The Morgan fingerprint density at radius 2 is 1.55 bits per heavy atom. The molecule has 0 amide bonds. The normalized spacial score (nSPS) is 14.8. The van der Waals surface area contributed by atoms with E-state index in [9.17, 15) is 0 Å². The Bertz CT molecular complexity index is 1180. The first-order valence-electron chi connectivity index (χ1n) is 11.0. The first-order valence-corrected chi connectivity index (χ1v) is 11.0. The zero-order valence-corrected chi connectivity index (χ0v) is 18.5. The van der Waals surface area contributed by atoms with Gasteiger partial charge in [0.25, 0.3) is 0 Å². The first kappa shape index (κ1) is 19.6. The maximum absolute atomic E-state index is 4.94. The van der Waals surface area contributed by atoms with Crippen LogP contribution in [0.5, 0.6) is 0 Å². The van der Waals surface area contributed by atoms with Gasteiger partial charge in [-0.15, -0.1) is 0 Å². The number of aromatic nitrogens is 2. The van der Waals surface area contributed by atoms with Gasteiger partial charge in [-0.3, -0.25) is 0 Å². The second-order valence-electron chi connectivity index (χ2n) is 8.79. The number of benzene rings is 2. The summed E-state index contributed by atoms with van der Waals surface area (Å²) in [5.41, 5.74) is 5.21. The Kier molecular flexibility index (Phi) is 4.89. The van der Waals surface area contributed by atoms with Crippen molar-refractivity contribution in [1.82, 2.24) is 14.3 Å². The zero-order chi connectivity index (χ0) is 21.5. The van der Waals surface area contributed by atoms with E-state index in [2.05, 4.69) is 97.8 Å². The number of rotatable bonds is 4. The summed E-state index contributed by atoms with van der Waals surface area (Å²) in [7, 11) is 0. The molecule has 0 radical (unpaired) electrons. The van der Waals surface area contributed by atoms with Crippen molar-refractivity contribution in [2.45, 2.75) is 39.5 Å². The van der Waals surface area contributed by atoms with Crippen molar-refractivity contribution in [3.63, 3.8) is 0 Å². The SMILES string of the molecule is CC(C)c1cccc(C(C)C)c1B1N2C=CC=CC2=Nc2cnc(-c3ccccc3)n21. The van der Waals surface area contributed by atoms with Crippen LogP contribution >= 0.6 is 0 Å². The molecule has 4 nitrogen and oxygen atoms in total. The summed E-state index contributed by atoms with van der Waals surface area (Å²) in [6, 6.07) is 17.2. The lowest BCUT2D eigenvalue weighted by atomic mass is 9.58. The average molecular weight is 406 g/mol. The third-order valence-electron chi connectivity index (χ3n) is 6.09. The Balaban J connectivity index is 1.83. The number of hydrogen-bond donors (Lipinski definition) is 0. The summed E-state index contributed by atoms with van der Waals surface area (Å²) in [4.78, 5) is 12.1. The molecule has 1 aromatic heterocycles. The highest BCUT2D eigenvalue weighted by Gasteiger charge is 2.40. The molecule has 0 N–H and O–H groups in total. The molecule has 2 aliphatic heterocycles. The monoisotopic (exact) mass is 406 g/mol. The van der Waals surface area contributed by atoms with Crippen molar-refractivity contribution >= 4 is 24.1 Å². The number of hydrogen-bond acceptors (Lipinski definition) is 3. The summed E-state index contributed by atoms with van der Waals surface area (Å²) >= 11 is 0. The molecule has 5 heteroatoms. The predicted molar refractivity (Wildman–Crippen MR) is 130 cm³/mol. The van der Waals surface area contributed by atoms with Gasteiger partial charge in [-0.25, -0.2) is 9.98 Å². The lowest BCUT2D eigenvalue weighted by Crippen LogP contribution is -2.57. The van der Waals surface area contributed by atoms with E-state index < -0.39 is 0 Å². The van der Waals surface area contributed by atoms with Crippen molar-refractivity contribution in [1.29, 1.82) is 0 Å². The van der Waals surface area contributed by atoms with Crippen LogP contribution in [0.1, 0.15) is 50.7 Å². The Hall–Kier alpha value is -3.34. The summed E-state index contributed by atoms with van der Waals surface area (Å²) < 4.78 is 2.30. The van der Waals surface area contributed by atoms with E-state index in [0.29, 0.717) is 11.8 Å². The topological polar surface area (TPSA) is 33.4 Å². The van der Waals surface area contributed by atoms with E-state index in [0.717, 1.165) is 23.0 Å². The van der Waals surface area contributed by atoms with E-state index in [1.807, 2.05) is 18.3 Å². The minimum Gasteiger partial charge on any atom is -0.352 e. The van der Waals surface area contributed by atoms with Gasteiger partial charge >= 0.3 is 6.98 Å². The van der Waals surface area contributed by atoms with Crippen LogP contribution in [0.15, 0.2) is 84.1 Å². The van der Waals surface area contributed by atoms with Gasteiger partial charge in [0.05, 0.1) is 6.20 Å². The summed E-state index contributed by atoms with van der Waals surface area (Å²) in [6.07, 6.45) is 10.3. The highest BCUT2D eigenvalue weighted by molar-refractivity contribution is 6.74. The standard InChI is InChI=1S/C26H27BN4/c1-18(2)21-13-10-14-22(19(3)4)25(21)27-30-16-9-8-15-23(30)29-24-17-28-26(31(24)27)20-11-6-5-7-12-20/h5-19H,1-4H3. The molecule has 154 valence electrons. The van der Waals surface area contributed by atoms with E-state index >= 15 is 0 Å². The third-order valence-corrected chi connectivity index (χ3v) is 6.09. The molecular formula is C26H27BN4. The molecule has 0 spiro atoms. The molecule has 0 bridgehead atoms. The van der Waals surface area contributed by atoms with E-state index in [-0.39, 0.29) is 6.98 Å². The fraction of sp³-hybridized carbons (Fsp3) is 0.231. The van der Waals surface area contributed by atoms with Gasteiger partial charge in [0.15, 0.2) is 0 Å². The minimum atomic E-state index is -0.0441. The van der Waals surface area contributed by atoms with Crippen molar-refractivity contribution in [3.8, 4) is 11.4 Å². The number of aliphatic imine (C=N–C) groups is 1. The Morgan fingerprint density at radius 1 is 0.839 bits per heavy atom. The molecule has 0 atom stereocenters. The van der Waals surface area contributed by atoms with Crippen LogP contribution in [0.25, 0.3) is 11.4 Å². The van der Waals surface area contributed by atoms with Gasteiger partial charge in [-0.1, -0.05) is 82.3 Å². The number of nitrogens with zero attached hydrogens (tertiary/aromatic N) is 4. The van der Waals surface area contributed by atoms with E-state index in [4.69, 9.17) is 9.98 Å². The molecule has 3 aromatic rings. The summed E-state index contributed by atoms with van der Waals surface area (Å²) in [6.45, 7) is 9.07. The quantitative estimate of drug-likeness (QED) is 0.539. The predicted octanol–water partition coefficient (Wildman–Crippen LogP) is 5.47. The van der Waals surface area contributed by atoms with Crippen LogP contribution in [-0.2, 0) is 0 Å². The summed E-state index contributed by atoms with van der Waals surface area (Å²) in [5, 5.41) is 0. The fourth-order valence-electron chi connectivity index (χ4n) is 4.64. The van der Waals surface area contributed by atoms with Crippen LogP contribution in [0, 0.1) is 0 Å². The van der Waals surface area contributed by atoms with Crippen molar-refractivity contribution in [2.24, 2.45) is 4.99 Å². The van der Waals surface area contributed by atoms with Gasteiger partial charge in [0.1, 0.15) is 17.5 Å². The molecule has 5 rings (SSSR count). The zero-order valence-electron chi connectivity index (χ0n) is 18.5. The third kappa shape index (κ3) is 3.25. The van der Waals surface area contributed by atoms with Crippen LogP contribution < -0.4 is 5.46 Å². The average Bonchev–Trinajstić information content (AvgIpc) is 3.21. The Labute approximate surface area is 184 Å². The summed E-state index contributed by atoms with van der Waals surface area (Å²) in [5.74, 6) is 3.61. The number of imidazole rings is 1. The van der Waals surface area contributed by atoms with E-state index in [1.54, 1.807) is 0 Å². The number of allylic oxidation sites excluding steroid dienone is 2. The van der Waals surface area contributed by atoms with Crippen molar-refractivity contribution in [3.05, 3.63) is 90.3 Å². The van der Waals surface area contributed by atoms with Gasteiger partial charge < -0.3 is 9.29 Å². The first-order chi connectivity index (χ1) is 15.1. The number of amidine groups is 1. The Morgan fingerprint density at radius 3 is 2.23 bits per heavy atom. The largest absolute Gasteiger partial charge is 0.424 e. The molecule has 3 heterocycles. The van der Waals surface area contributed by atoms with E-state index in [1.165, 1.54) is 16.6 Å². The second-order valence-corrected chi connectivity index (χ2v) is 8.79. The second kappa shape index (κ2) is 7.73. The molecule has 2 aromatic carbocycles. The smallest absolute Gasteiger partial charge is 0.352 e. The molecule has 0 unspecified atom stereocenters. The highest BCUT2D eigenvalue weighted by Crippen LogP contribution is 2.32. The molecule has 31 heavy (non-hydrogen) atoms. The molecule has 0 aliphatic carbocycles. The van der Waals surface area contributed by atoms with Gasteiger partial charge in [0, 0.05) is 5.56 Å².